The standard InChI is InChI=1S/C49H36N2/c1-33-41(37-14-6-3-7-15-37)30-31-45-43-17-9-11-19-47(43)51(49(33)45)40-27-22-36(23-28-40)35-20-25-39(26-21-35)50-46-18-10-8-16-42(46)44-29-24-38(32-48(44)50)34-12-4-2-5-13-34/h2-33,41H,1H3. The summed E-state index contributed by atoms with van der Waals surface area (Å²) < 4.78 is 4.90. The van der Waals surface area contributed by atoms with Crippen LogP contribution in [0.25, 0.3) is 72.4 Å². The molecule has 7 aromatic carbocycles. The maximum Gasteiger partial charge on any atom is 0.0547 e. The Balaban J connectivity index is 1.02. The van der Waals surface area contributed by atoms with Crippen molar-refractivity contribution >= 4 is 38.8 Å². The van der Waals surface area contributed by atoms with Gasteiger partial charge in [0.25, 0.3) is 0 Å². The number of hydrogen-bond donors (Lipinski definition) is 0. The molecule has 0 N–H and O–H groups in total. The molecule has 242 valence electrons. The highest BCUT2D eigenvalue weighted by Crippen LogP contribution is 2.45. The molecular weight excluding hydrogens is 617 g/mol. The molecule has 2 heteroatoms. The van der Waals surface area contributed by atoms with Crippen molar-refractivity contribution in [1.82, 2.24) is 9.13 Å². The molecule has 1 aliphatic rings. The Morgan fingerprint density at radius 1 is 0.412 bits per heavy atom. The molecule has 9 aromatic rings. The highest BCUT2D eigenvalue weighted by molar-refractivity contribution is 6.10. The average molecular weight is 653 g/mol. The summed E-state index contributed by atoms with van der Waals surface area (Å²) in [5, 5.41) is 3.85. The SMILES string of the molecule is CC1c2c(c3ccccc3n2-c2ccc(-c3ccc(-n4c5ccccc5c5ccc(-c6ccccc6)cc54)cc3)cc2)C=CC1c1ccccc1. The molecule has 2 unspecified atom stereocenters. The van der Waals surface area contributed by atoms with Gasteiger partial charge >= 0.3 is 0 Å². The van der Waals surface area contributed by atoms with Gasteiger partial charge in [-0.15, -0.1) is 0 Å². The summed E-state index contributed by atoms with van der Waals surface area (Å²) in [6, 6.07) is 64.1. The van der Waals surface area contributed by atoms with E-state index in [0.717, 1.165) is 5.69 Å². The summed E-state index contributed by atoms with van der Waals surface area (Å²) in [6.45, 7) is 2.38. The molecule has 0 amide bonds. The first-order valence-electron chi connectivity index (χ1n) is 17.9. The number of aromatic nitrogens is 2. The predicted octanol–water partition coefficient (Wildman–Crippen LogP) is 13.0. The largest absolute Gasteiger partial charge is 0.313 e. The van der Waals surface area contributed by atoms with Crippen molar-refractivity contribution in [3.05, 3.63) is 199 Å². The van der Waals surface area contributed by atoms with E-state index in [1.165, 1.54) is 77.5 Å². The Morgan fingerprint density at radius 2 is 0.922 bits per heavy atom. The fourth-order valence-electron chi connectivity index (χ4n) is 8.46. The maximum absolute atomic E-state index is 2.49. The normalized spacial score (nSPS) is 15.5. The van der Waals surface area contributed by atoms with E-state index < -0.39 is 0 Å². The van der Waals surface area contributed by atoms with E-state index in [9.17, 15) is 0 Å². The van der Waals surface area contributed by atoms with Crippen LogP contribution >= 0.6 is 0 Å². The van der Waals surface area contributed by atoms with Crippen molar-refractivity contribution in [3.8, 4) is 33.6 Å². The molecule has 10 rings (SSSR count). The zero-order valence-corrected chi connectivity index (χ0v) is 28.4. The van der Waals surface area contributed by atoms with E-state index in [1.54, 1.807) is 0 Å². The smallest absolute Gasteiger partial charge is 0.0547 e. The fourth-order valence-corrected chi connectivity index (χ4v) is 8.46. The Labute approximate surface area is 298 Å². The van der Waals surface area contributed by atoms with Gasteiger partial charge in [0.2, 0.25) is 0 Å². The van der Waals surface area contributed by atoms with Crippen molar-refractivity contribution in [2.75, 3.05) is 0 Å². The minimum absolute atomic E-state index is 0.330. The quantitative estimate of drug-likeness (QED) is 0.175. The van der Waals surface area contributed by atoms with Gasteiger partial charge in [0.15, 0.2) is 0 Å². The van der Waals surface area contributed by atoms with Crippen LogP contribution in [0.2, 0.25) is 0 Å². The van der Waals surface area contributed by atoms with Gasteiger partial charge in [0, 0.05) is 50.6 Å². The Morgan fingerprint density at radius 3 is 1.61 bits per heavy atom. The van der Waals surface area contributed by atoms with Crippen LogP contribution in [0, 0.1) is 0 Å². The van der Waals surface area contributed by atoms with Gasteiger partial charge in [-0.25, -0.2) is 0 Å². The summed E-state index contributed by atoms with van der Waals surface area (Å²) in [4.78, 5) is 0. The summed E-state index contributed by atoms with van der Waals surface area (Å²) in [5.74, 6) is 0.663. The van der Waals surface area contributed by atoms with Gasteiger partial charge in [-0.3, -0.25) is 0 Å². The van der Waals surface area contributed by atoms with Gasteiger partial charge in [-0.05, 0) is 70.3 Å². The average Bonchev–Trinajstić information content (AvgIpc) is 3.72. The zero-order chi connectivity index (χ0) is 33.9. The molecule has 0 radical (unpaired) electrons. The minimum Gasteiger partial charge on any atom is -0.313 e. The molecule has 0 spiro atoms. The van der Waals surface area contributed by atoms with Gasteiger partial charge in [-0.1, -0.05) is 153 Å². The van der Waals surface area contributed by atoms with Crippen molar-refractivity contribution in [1.29, 1.82) is 0 Å². The monoisotopic (exact) mass is 652 g/mol. The molecule has 2 aromatic heterocycles. The Kier molecular flexibility index (Phi) is 6.89. The van der Waals surface area contributed by atoms with E-state index in [1.807, 2.05) is 0 Å². The van der Waals surface area contributed by atoms with Crippen LogP contribution in [-0.2, 0) is 0 Å². The van der Waals surface area contributed by atoms with Crippen molar-refractivity contribution in [2.24, 2.45) is 0 Å². The van der Waals surface area contributed by atoms with Crippen molar-refractivity contribution in [3.63, 3.8) is 0 Å². The van der Waals surface area contributed by atoms with Gasteiger partial charge in [0.05, 0.1) is 16.6 Å². The highest BCUT2D eigenvalue weighted by Gasteiger charge is 2.30. The van der Waals surface area contributed by atoms with E-state index in [2.05, 4.69) is 204 Å². The topological polar surface area (TPSA) is 9.86 Å². The van der Waals surface area contributed by atoms with Crippen LogP contribution in [0.15, 0.2) is 182 Å². The minimum atomic E-state index is 0.330. The molecule has 2 atom stereocenters. The van der Waals surface area contributed by atoms with Gasteiger partial charge in [0.1, 0.15) is 0 Å². The summed E-state index contributed by atoms with van der Waals surface area (Å²) in [6.07, 6.45) is 4.74. The second-order valence-electron chi connectivity index (χ2n) is 13.8. The van der Waals surface area contributed by atoms with Crippen LogP contribution in [0.3, 0.4) is 0 Å². The first kappa shape index (κ1) is 29.5. The van der Waals surface area contributed by atoms with E-state index in [4.69, 9.17) is 0 Å². The fraction of sp³-hybridized carbons (Fsp3) is 0.0612. The molecule has 51 heavy (non-hydrogen) atoms. The number of hydrogen-bond acceptors (Lipinski definition) is 0. The number of fused-ring (bicyclic) bond motifs is 6. The molecule has 2 heterocycles. The third-order valence-electron chi connectivity index (χ3n) is 10.9. The Bertz CT molecular complexity index is 2730. The molecule has 0 bridgehead atoms. The summed E-state index contributed by atoms with van der Waals surface area (Å²) >= 11 is 0. The molecule has 2 nitrogen and oxygen atoms in total. The van der Waals surface area contributed by atoms with E-state index in [-0.39, 0.29) is 0 Å². The second-order valence-corrected chi connectivity index (χ2v) is 13.8. The molecule has 0 fully saturated rings. The second kappa shape index (κ2) is 11.9. The van der Waals surface area contributed by atoms with Crippen LogP contribution in [-0.4, -0.2) is 9.13 Å². The third kappa shape index (κ3) is 4.79. The first-order valence-corrected chi connectivity index (χ1v) is 17.9. The van der Waals surface area contributed by atoms with Gasteiger partial charge < -0.3 is 9.13 Å². The lowest BCUT2D eigenvalue weighted by Crippen LogP contribution is -2.14. The maximum atomic E-state index is 2.49. The summed E-state index contributed by atoms with van der Waals surface area (Å²) in [7, 11) is 0. The lowest BCUT2D eigenvalue weighted by molar-refractivity contribution is 0.639. The van der Waals surface area contributed by atoms with Crippen LogP contribution in [0.5, 0.6) is 0 Å². The van der Waals surface area contributed by atoms with E-state index >= 15 is 0 Å². The van der Waals surface area contributed by atoms with Gasteiger partial charge in [-0.2, -0.15) is 0 Å². The number of para-hydroxylation sites is 2. The van der Waals surface area contributed by atoms with Crippen LogP contribution < -0.4 is 0 Å². The molecule has 0 saturated carbocycles. The lowest BCUT2D eigenvalue weighted by Gasteiger charge is -2.28. The van der Waals surface area contributed by atoms with Crippen molar-refractivity contribution < 1.29 is 0 Å². The lowest BCUT2D eigenvalue weighted by atomic mass is 9.79. The van der Waals surface area contributed by atoms with Crippen molar-refractivity contribution in [2.45, 2.75) is 18.8 Å². The molecular formula is C49H36N2. The molecule has 0 aliphatic heterocycles. The number of rotatable bonds is 5. The number of allylic oxidation sites excluding steroid dienone is 1. The highest BCUT2D eigenvalue weighted by atomic mass is 15.0. The summed E-state index contributed by atoms with van der Waals surface area (Å²) in [5.41, 5.74) is 15.0. The number of nitrogens with zero attached hydrogens (tertiary/aromatic N) is 2. The molecule has 0 saturated heterocycles. The predicted molar refractivity (Wildman–Crippen MR) is 215 cm³/mol. The van der Waals surface area contributed by atoms with Crippen LogP contribution in [0.1, 0.15) is 35.6 Å². The third-order valence-corrected chi connectivity index (χ3v) is 10.9. The molecule has 1 aliphatic carbocycles. The first-order chi connectivity index (χ1) is 25.2. The number of benzene rings is 7. The van der Waals surface area contributed by atoms with Crippen LogP contribution in [0.4, 0.5) is 0 Å². The van der Waals surface area contributed by atoms with E-state index in [0.29, 0.717) is 11.8 Å². The Hall–Kier alpha value is -6.38. The zero-order valence-electron chi connectivity index (χ0n) is 28.4.